The van der Waals surface area contributed by atoms with Gasteiger partial charge in [-0.15, -0.1) is 0 Å². The monoisotopic (exact) mass is 340 g/mol. The molecular weight excluding hydrogens is 312 g/mol. The lowest BCUT2D eigenvalue weighted by atomic mass is 9.68. The van der Waals surface area contributed by atoms with Crippen LogP contribution in [-0.4, -0.2) is 23.5 Å². The van der Waals surface area contributed by atoms with E-state index in [-0.39, 0.29) is 22.8 Å². The van der Waals surface area contributed by atoms with E-state index in [2.05, 4.69) is 31.1 Å². The number of hydrogen-bond donors (Lipinski definition) is 2. The maximum atomic E-state index is 12.9. The molecule has 2 unspecified atom stereocenters. The number of ether oxygens (including phenoxy) is 1. The van der Waals surface area contributed by atoms with Gasteiger partial charge in [-0.1, -0.05) is 20.8 Å². The van der Waals surface area contributed by atoms with Gasteiger partial charge >= 0.3 is 0 Å². The van der Waals surface area contributed by atoms with Crippen LogP contribution in [0.2, 0.25) is 0 Å². The summed E-state index contributed by atoms with van der Waals surface area (Å²) in [7, 11) is 0. The minimum atomic E-state index is 0.000935. The van der Waals surface area contributed by atoms with Crippen molar-refractivity contribution in [1.82, 2.24) is 10.3 Å². The van der Waals surface area contributed by atoms with Crippen LogP contribution >= 0.6 is 0 Å². The zero-order valence-electron chi connectivity index (χ0n) is 15.6. The summed E-state index contributed by atoms with van der Waals surface area (Å²) < 4.78 is 5.55. The van der Waals surface area contributed by atoms with Crippen LogP contribution in [0.15, 0.2) is 24.3 Å². The molecule has 3 atom stereocenters. The quantitative estimate of drug-likeness (QED) is 0.860. The fraction of sp³-hybridized carbons (Fsp3) is 0.571. The summed E-state index contributed by atoms with van der Waals surface area (Å²) in [4.78, 5) is 16.2. The lowest BCUT2D eigenvalue weighted by molar-refractivity contribution is 0.0734. The Morgan fingerprint density at radius 1 is 1.32 bits per heavy atom. The normalized spacial score (nSPS) is 29.9. The summed E-state index contributed by atoms with van der Waals surface area (Å²) in [6, 6.07) is 8.05. The third-order valence-corrected chi connectivity index (χ3v) is 6.69. The average Bonchev–Trinajstić information content (AvgIpc) is 3.20. The molecule has 4 nitrogen and oxygen atoms in total. The van der Waals surface area contributed by atoms with Crippen molar-refractivity contribution >= 4 is 16.8 Å². The zero-order chi connectivity index (χ0) is 17.8. The zero-order valence-corrected chi connectivity index (χ0v) is 15.6. The number of aromatic nitrogens is 1. The maximum absolute atomic E-state index is 12.9. The third-order valence-electron chi connectivity index (χ3n) is 6.69. The molecule has 1 heterocycles. The van der Waals surface area contributed by atoms with E-state index < -0.39 is 0 Å². The van der Waals surface area contributed by atoms with E-state index in [1.165, 1.54) is 19.3 Å². The van der Waals surface area contributed by atoms with Crippen LogP contribution < -0.4 is 10.1 Å². The van der Waals surface area contributed by atoms with Crippen molar-refractivity contribution in [2.24, 2.45) is 16.7 Å². The van der Waals surface area contributed by atoms with Crippen molar-refractivity contribution in [3.05, 3.63) is 30.0 Å². The molecule has 1 aromatic carbocycles. The molecule has 2 fully saturated rings. The van der Waals surface area contributed by atoms with Crippen LogP contribution in [0.3, 0.4) is 0 Å². The summed E-state index contributed by atoms with van der Waals surface area (Å²) >= 11 is 0. The number of carbonyl (C=O) groups excluding carboxylic acids is 1. The minimum absolute atomic E-state index is 0.000935. The smallest absolute Gasteiger partial charge is 0.267 e. The first-order chi connectivity index (χ1) is 11.8. The molecule has 0 saturated heterocycles. The van der Waals surface area contributed by atoms with Gasteiger partial charge in [0.1, 0.15) is 11.4 Å². The van der Waals surface area contributed by atoms with Crippen LogP contribution in [0.5, 0.6) is 5.75 Å². The summed E-state index contributed by atoms with van der Waals surface area (Å²) in [6.45, 7) is 9.57. The standard InChI is InChI=1S/C21H28N2O2/c1-5-25-15-6-7-16-13(10-15)11-17(22-16)18(24)23-19-20(2,3)14-8-9-21(19,4)12-14/h6-7,10-11,14,19,22H,5,8-9,12H2,1-4H3,(H,23,24)/t14?,19?,21-/m0/s1. The number of rotatable bonds is 4. The lowest BCUT2D eigenvalue weighted by Gasteiger charge is -2.43. The van der Waals surface area contributed by atoms with Crippen molar-refractivity contribution in [2.75, 3.05) is 6.61 Å². The largest absolute Gasteiger partial charge is 0.494 e. The molecule has 2 aliphatic rings. The second-order valence-electron chi connectivity index (χ2n) is 8.69. The van der Waals surface area contributed by atoms with Gasteiger partial charge in [-0.2, -0.15) is 0 Å². The number of fused-ring (bicyclic) bond motifs is 3. The maximum Gasteiger partial charge on any atom is 0.267 e. The molecule has 0 radical (unpaired) electrons. The fourth-order valence-corrected chi connectivity index (χ4v) is 5.36. The molecule has 0 spiro atoms. The van der Waals surface area contributed by atoms with Crippen LogP contribution in [0.4, 0.5) is 0 Å². The van der Waals surface area contributed by atoms with Gasteiger partial charge in [0.15, 0.2) is 0 Å². The molecule has 25 heavy (non-hydrogen) atoms. The minimum Gasteiger partial charge on any atom is -0.494 e. The number of nitrogens with one attached hydrogen (secondary N) is 2. The fourth-order valence-electron chi connectivity index (χ4n) is 5.36. The number of amides is 1. The molecule has 1 amide bonds. The summed E-state index contributed by atoms with van der Waals surface area (Å²) in [5, 5.41) is 4.37. The number of benzene rings is 1. The van der Waals surface area contributed by atoms with E-state index >= 15 is 0 Å². The molecule has 2 aromatic rings. The van der Waals surface area contributed by atoms with Gasteiger partial charge in [0.2, 0.25) is 0 Å². The van der Waals surface area contributed by atoms with Gasteiger partial charge in [-0.25, -0.2) is 0 Å². The summed E-state index contributed by atoms with van der Waals surface area (Å²) in [5.74, 6) is 1.56. The molecule has 1 aromatic heterocycles. The predicted molar refractivity (Wildman–Crippen MR) is 100.0 cm³/mol. The van der Waals surface area contributed by atoms with Gasteiger partial charge in [-0.3, -0.25) is 4.79 Å². The Kier molecular flexibility index (Phi) is 3.64. The Bertz CT molecular complexity index is 818. The second kappa shape index (κ2) is 5.52. The van der Waals surface area contributed by atoms with Crippen molar-refractivity contribution < 1.29 is 9.53 Å². The van der Waals surface area contributed by atoms with Gasteiger partial charge in [0.25, 0.3) is 5.91 Å². The molecule has 4 heteroatoms. The highest BCUT2D eigenvalue weighted by Crippen LogP contribution is 2.62. The van der Waals surface area contributed by atoms with Crippen molar-refractivity contribution in [2.45, 2.75) is 53.0 Å². The van der Waals surface area contributed by atoms with Gasteiger partial charge < -0.3 is 15.0 Å². The summed E-state index contributed by atoms with van der Waals surface area (Å²) in [5.41, 5.74) is 1.99. The highest BCUT2D eigenvalue weighted by Gasteiger charge is 2.59. The molecule has 4 rings (SSSR count). The molecule has 2 bridgehead atoms. The molecule has 2 N–H and O–H groups in total. The van der Waals surface area contributed by atoms with Gasteiger partial charge in [-0.05, 0) is 67.2 Å². The van der Waals surface area contributed by atoms with E-state index in [9.17, 15) is 4.79 Å². The first kappa shape index (κ1) is 16.5. The number of hydrogen-bond acceptors (Lipinski definition) is 2. The molecule has 0 aliphatic heterocycles. The van der Waals surface area contributed by atoms with E-state index in [1.807, 2.05) is 31.2 Å². The van der Waals surface area contributed by atoms with Gasteiger partial charge in [0, 0.05) is 16.9 Å². The van der Waals surface area contributed by atoms with E-state index in [0.717, 1.165) is 22.6 Å². The molecular formula is C21H28N2O2. The molecule has 2 aliphatic carbocycles. The SMILES string of the molecule is CCOc1ccc2[nH]c(C(=O)NC3C(C)(C)C4CC[C@@]3(C)C4)cc2c1. The Morgan fingerprint density at radius 3 is 2.80 bits per heavy atom. The van der Waals surface area contributed by atoms with E-state index in [4.69, 9.17) is 4.74 Å². The Labute approximate surface area is 149 Å². The molecule has 2 saturated carbocycles. The van der Waals surface area contributed by atoms with Gasteiger partial charge in [0.05, 0.1) is 6.61 Å². The molecule has 134 valence electrons. The van der Waals surface area contributed by atoms with Crippen LogP contribution in [0.25, 0.3) is 10.9 Å². The van der Waals surface area contributed by atoms with Crippen LogP contribution in [0, 0.1) is 16.7 Å². The number of carbonyl (C=O) groups is 1. The van der Waals surface area contributed by atoms with Crippen molar-refractivity contribution in [3.63, 3.8) is 0 Å². The number of aromatic amines is 1. The third kappa shape index (κ3) is 2.54. The second-order valence-corrected chi connectivity index (χ2v) is 8.69. The highest BCUT2D eigenvalue weighted by atomic mass is 16.5. The summed E-state index contributed by atoms with van der Waals surface area (Å²) in [6.07, 6.45) is 3.74. The predicted octanol–water partition coefficient (Wildman–Crippen LogP) is 4.51. The lowest BCUT2D eigenvalue weighted by Crippen LogP contribution is -2.52. The van der Waals surface area contributed by atoms with Crippen LogP contribution in [-0.2, 0) is 0 Å². The van der Waals surface area contributed by atoms with Crippen LogP contribution in [0.1, 0.15) is 57.4 Å². The Hall–Kier alpha value is -1.97. The Balaban J connectivity index is 1.58. The first-order valence-corrected chi connectivity index (χ1v) is 9.40. The van der Waals surface area contributed by atoms with E-state index in [0.29, 0.717) is 12.3 Å². The average molecular weight is 340 g/mol. The van der Waals surface area contributed by atoms with Crippen molar-refractivity contribution in [3.8, 4) is 5.75 Å². The first-order valence-electron chi connectivity index (χ1n) is 9.40. The highest BCUT2D eigenvalue weighted by molar-refractivity contribution is 5.98. The van der Waals surface area contributed by atoms with E-state index in [1.54, 1.807) is 0 Å². The number of H-pyrrole nitrogens is 1. The van der Waals surface area contributed by atoms with Crippen molar-refractivity contribution in [1.29, 1.82) is 0 Å². The topological polar surface area (TPSA) is 54.1 Å². The Morgan fingerprint density at radius 2 is 2.12 bits per heavy atom.